The van der Waals surface area contributed by atoms with Gasteiger partial charge in [0, 0.05) is 13.1 Å². The number of sulfonamides is 1. The topological polar surface area (TPSA) is 96.0 Å². The molecule has 3 rings (SSSR count). The lowest BCUT2D eigenvalue weighted by atomic mass is 10.1. The minimum Gasteiger partial charge on any atom is -0.495 e. The van der Waals surface area contributed by atoms with E-state index < -0.39 is 28.5 Å². The van der Waals surface area contributed by atoms with Crippen molar-refractivity contribution in [2.75, 3.05) is 31.0 Å². The normalized spacial score (nSPS) is 12.0. The van der Waals surface area contributed by atoms with Crippen molar-refractivity contribution in [3.8, 4) is 5.75 Å². The molecule has 0 heterocycles. The van der Waals surface area contributed by atoms with E-state index >= 15 is 0 Å². The van der Waals surface area contributed by atoms with Crippen LogP contribution in [0, 0.1) is 5.92 Å². The Labute approximate surface area is 248 Å². The quantitative estimate of drug-likeness (QED) is 0.276. The summed E-state index contributed by atoms with van der Waals surface area (Å²) >= 11 is 6.37. The molecule has 8 nitrogen and oxygen atoms in total. The lowest BCUT2D eigenvalue weighted by Gasteiger charge is -2.33. The van der Waals surface area contributed by atoms with Gasteiger partial charge in [-0.15, -0.1) is 0 Å². The van der Waals surface area contributed by atoms with Gasteiger partial charge in [-0.05, 0) is 54.7 Å². The summed E-state index contributed by atoms with van der Waals surface area (Å²) in [4.78, 5) is 28.8. The van der Waals surface area contributed by atoms with Crippen molar-refractivity contribution in [1.29, 1.82) is 0 Å². The molecule has 1 N–H and O–H groups in total. The summed E-state index contributed by atoms with van der Waals surface area (Å²) in [6, 6.07) is 21.3. The molecule has 0 aliphatic rings. The van der Waals surface area contributed by atoms with Gasteiger partial charge in [-0.3, -0.25) is 13.9 Å². The Morgan fingerprint density at radius 3 is 2.17 bits per heavy atom. The molecule has 0 saturated heterocycles. The number of hydrogen-bond acceptors (Lipinski definition) is 5. The van der Waals surface area contributed by atoms with Gasteiger partial charge >= 0.3 is 0 Å². The van der Waals surface area contributed by atoms with E-state index in [1.165, 1.54) is 30.2 Å². The zero-order valence-corrected chi connectivity index (χ0v) is 25.5. The van der Waals surface area contributed by atoms with Crippen LogP contribution in [-0.4, -0.2) is 57.9 Å². The first-order valence-corrected chi connectivity index (χ1v) is 15.4. The first-order valence-electron chi connectivity index (χ1n) is 13.6. The third-order valence-electron chi connectivity index (χ3n) is 6.59. The SMILES string of the molecule is CCC(C(=O)NCC(C)C)N(CCc1ccccc1)C(=O)CN(c1ccc(OC)c(Cl)c1)S(=O)(=O)c1ccccc1. The van der Waals surface area contributed by atoms with Crippen LogP contribution in [0.1, 0.15) is 32.8 Å². The summed E-state index contributed by atoms with van der Waals surface area (Å²) in [7, 11) is -2.71. The smallest absolute Gasteiger partial charge is 0.264 e. The molecule has 3 aromatic rings. The monoisotopic (exact) mass is 599 g/mol. The van der Waals surface area contributed by atoms with Crippen molar-refractivity contribution in [2.45, 2.75) is 44.6 Å². The second-order valence-corrected chi connectivity index (χ2v) is 12.3. The molecule has 0 aliphatic heterocycles. The Morgan fingerprint density at radius 2 is 1.61 bits per heavy atom. The first-order chi connectivity index (χ1) is 19.6. The Kier molecular flexibility index (Phi) is 11.6. The number of nitrogens with one attached hydrogen (secondary N) is 1. The minimum absolute atomic E-state index is 0.0253. The van der Waals surface area contributed by atoms with Crippen LogP contribution in [0.4, 0.5) is 5.69 Å². The molecule has 0 bridgehead atoms. The van der Waals surface area contributed by atoms with Crippen LogP contribution in [0.3, 0.4) is 0 Å². The van der Waals surface area contributed by atoms with Crippen LogP contribution in [0.2, 0.25) is 5.02 Å². The van der Waals surface area contributed by atoms with Crippen LogP contribution in [0.25, 0.3) is 0 Å². The fraction of sp³-hybridized carbons (Fsp3) is 0.355. The first kappa shape index (κ1) is 32.0. The van der Waals surface area contributed by atoms with E-state index in [-0.39, 0.29) is 34.0 Å². The van der Waals surface area contributed by atoms with Gasteiger partial charge in [0.1, 0.15) is 18.3 Å². The van der Waals surface area contributed by atoms with Crippen LogP contribution in [0.5, 0.6) is 5.75 Å². The third-order valence-corrected chi connectivity index (χ3v) is 8.67. The lowest BCUT2D eigenvalue weighted by Crippen LogP contribution is -2.53. The van der Waals surface area contributed by atoms with Crippen LogP contribution < -0.4 is 14.4 Å². The highest BCUT2D eigenvalue weighted by Gasteiger charge is 2.33. The third kappa shape index (κ3) is 8.47. The van der Waals surface area contributed by atoms with Gasteiger partial charge in [-0.25, -0.2) is 8.42 Å². The van der Waals surface area contributed by atoms with E-state index in [1.807, 2.05) is 51.1 Å². The van der Waals surface area contributed by atoms with Crippen molar-refractivity contribution in [3.05, 3.63) is 89.4 Å². The maximum absolute atomic E-state index is 14.1. The molecule has 0 aliphatic carbocycles. The van der Waals surface area contributed by atoms with Gasteiger partial charge in [0.2, 0.25) is 11.8 Å². The van der Waals surface area contributed by atoms with E-state index in [1.54, 1.807) is 30.3 Å². The van der Waals surface area contributed by atoms with Gasteiger partial charge in [0.15, 0.2) is 0 Å². The van der Waals surface area contributed by atoms with E-state index in [2.05, 4.69) is 5.32 Å². The zero-order valence-electron chi connectivity index (χ0n) is 23.9. The summed E-state index contributed by atoms with van der Waals surface area (Å²) in [6.45, 7) is 6.00. The Bertz CT molecular complexity index is 1400. The van der Waals surface area contributed by atoms with Crippen LogP contribution in [0.15, 0.2) is 83.8 Å². The highest BCUT2D eigenvalue weighted by atomic mass is 35.5. The number of nitrogens with zero attached hydrogens (tertiary/aromatic N) is 2. The molecule has 0 fully saturated rings. The number of ether oxygens (including phenoxy) is 1. The van der Waals surface area contributed by atoms with Crippen LogP contribution >= 0.6 is 11.6 Å². The number of anilines is 1. The number of carbonyl (C=O) groups excluding carboxylic acids is 2. The highest BCUT2D eigenvalue weighted by molar-refractivity contribution is 7.92. The second-order valence-electron chi connectivity index (χ2n) is 10.0. The number of halogens is 1. The number of amides is 2. The van der Waals surface area contributed by atoms with Gasteiger partial charge < -0.3 is 15.0 Å². The van der Waals surface area contributed by atoms with Crippen molar-refractivity contribution >= 4 is 39.1 Å². The van der Waals surface area contributed by atoms with Gasteiger partial charge in [0.05, 0.1) is 22.7 Å². The fourth-order valence-electron chi connectivity index (χ4n) is 4.38. The van der Waals surface area contributed by atoms with Crippen molar-refractivity contribution in [3.63, 3.8) is 0 Å². The maximum atomic E-state index is 14.1. The minimum atomic E-state index is -4.17. The molecule has 1 atom stereocenters. The van der Waals surface area contributed by atoms with Crippen LogP contribution in [-0.2, 0) is 26.0 Å². The number of benzene rings is 3. The molecule has 0 radical (unpaired) electrons. The molecule has 0 spiro atoms. The van der Waals surface area contributed by atoms with E-state index in [0.29, 0.717) is 25.1 Å². The van der Waals surface area contributed by atoms with Gasteiger partial charge in [0.25, 0.3) is 10.0 Å². The number of rotatable bonds is 14. The summed E-state index contributed by atoms with van der Waals surface area (Å²) in [5, 5.41) is 3.13. The summed E-state index contributed by atoms with van der Waals surface area (Å²) in [6.07, 6.45) is 0.866. The molecule has 2 amide bonds. The molecule has 220 valence electrons. The lowest BCUT2D eigenvalue weighted by molar-refractivity contribution is -0.139. The number of carbonyl (C=O) groups is 2. The number of methoxy groups -OCH3 is 1. The van der Waals surface area contributed by atoms with Crippen molar-refractivity contribution < 1.29 is 22.7 Å². The molecule has 3 aromatic carbocycles. The predicted molar refractivity (Wildman–Crippen MR) is 163 cm³/mol. The standard InChI is InChI=1S/C31H38ClN3O5S/c1-5-28(31(37)33-21-23(2)3)34(19-18-24-12-8-6-9-13-24)30(36)22-35(25-16-17-29(40-4)27(32)20-25)41(38,39)26-14-10-7-11-15-26/h6-17,20,23,28H,5,18-19,21-22H2,1-4H3,(H,33,37). The van der Waals surface area contributed by atoms with E-state index in [0.717, 1.165) is 9.87 Å². The van der Waals surface area contributed by atoms with Gasteiger partial charge in [-0.1, -0.05) is 80.9 Å². The average Bonchev–Trinajstić information content (AvgIpc) is 2.97. The molecule has 0 aromatic heterocycles. The van der Waals surface area contributed by atoms with Crippen molar-refractivity contribution in [1.82, 2.24) is 10.2 Å². The molecular formula is C31H38ClN3O5S. The fourth-order valence-corrected chi connectivity index (χ4v) is 6.06. The largest absolute Gasteiger partial charge is 0.495 e. The maximum Gasteiger partial charge on any atom is 0.264 e. The Morgan fingerprint density at radius 1 is 0.976 bits per heavy atom. The second kappa shape index (κ2) is 14.9. The van der Waals surface area contributed by atoms with Crippen molar-refractivity contribution in [2.24, 2.45) is 5.92 Å². The van der Waals surface area contributed by atoms with E-state index in [9.17, 15) is 18.0 Å². The predicted octanol–water partition coefficient (Wildman–Crippen LogP) is 5.17. The summed E-state index contributed by atoms with van der Waals surface area (Å²) in [5.74, 6) is -0.168. The highest BCUT2D eigenvalue weighted by Crippen LogP contribution is 2.32. The molecule has 41 heavy (non-hydrogen) atoms. The molecule has 10 heteroatoms. The average molecular weight is 600 g/mol. The molecule has 0 saturated carbocycles. The zero-order chi connectivity index (χ0) is 30.0. The Hall–Kier alpha value is -3.56. The Balaban J connectivity index is 2.02. The number of hydrogen-bond donors (Lipinski definition) is 1. The molecule has 1 unspecified atom stereocenters. The van der Waals surface area contributed by atoms with Gasteiger partial charge in [-0.2, -0.15) is 0 Å². The van der Waals surface area contributed by atoms with E-state index in [4.69, 9.17) is 16.3 Å². The summed E-state index contributed by atoms with van der Waals surface area (Å²) in [5.41, 5.74) is 1.20. The summed E-state index contributed by atoms with van der Waals surface area (Å²) < 4.78 is 34.0. The molecular weight excluding hydrogens is 562 g/mol.